The first-order valence-electron chi connectivity index (χ1n) is 0. The molecule has 5 nitrogen and oxygen atoms in total. The summed E-state index contributed by atoms with van der Waals surface area (Å²) in [5.41, 5.74) is 0. The van der Waals surface area contributed by atoms with Crippen molar-refractivity contribution in [3.8, 4) is 0 Å². The van der Waals surface area contributed by atoms with Gasteiger partial charge in [0.25, 0.3) is 0 Å². The van der Waals surface area contributed by atoms with Gasteiger partial charge < -0.3 is 27.4 Å². The average molecular weight is 504 g/mol. The fourth-order valence-electron chi connectivity index (χ4n) is 0. The Balaban J connectivity index is 0. The summed E-state index contributed by atoms with van der Waals surface area (Å²) < 4.78 is 0. The van der Waals surface area contributed by atoms with Crippen LogP contribution in [0.3, 0.4) is 0 Å². The molecule has 0 N–H and O–H groups in total. The maximum atomic E-state index is 0. The van der Waals surface area contributed by atoms with E-state index in [1.54, 1.807) is 0 Å². The van der Waals surface area contributed by atoms with Crippen molar-refractivity contribution in [1.29, 1.82) is 0 Å². The van der Waals surface area contributed by atoms with Crippen LogP contribution < -0.4 is 0 Å². The van der Waals surface area contributed by atoms with Crippen LogP contribution in [0.4, 0.5) is 0 Å². The second-order valence-corrected chi connectivity index (χ2v) is 0. The van der Waals surface area contributed by atoms with Crippen molar-refractivity contribution < 1.29 is 141 Å². The van der Waals surface area contributed by atoms with Crippen molar-refractivity contribution in [1.82, 2.24) is 0 Å². The van der Waals surface area contributed by atoms with Gasteiger partial charge in [0, 0.05) is 0 Å². The summed E-state index contributed by atoms with van der Waals surface area (Å²) in [6.45, 7) is 0. The summed E-state index contributed by atoms with van der Waals surface area (Å²) in [5, 5.41) is 0. The number of rotatable bonds is 0. The summed E-state index contributed by atoms with van der Waals surface area (Å²) in [7, 11) is 0. The van der Waals surface area contributed by atoms with E-state index in [0.717, 1.165) is 0 Å². The van der Waals surface area contributed by atoms with Gasteiger partial charge in [-0.15, -0.1) is 0 Å². The first kappa shape index (κ1) is 135. The smallest absolute Gasteiger partial charge is 2.00 e. The van der Waals surface area contributed by atoms with Gasteiger partial charge in [-0.3, -0.25) is 0 Å². The first-order valence-corrected chi connectivity index (χ1v) is 0. The van der Waals surface area contributed by atoms with Crippen LogP contribution >= 0.6 is 0 Å². The predicted molar refractivity (Wildman–Crippen MR) is 3.43 cm³/mol. The molecule has 0 rings (SSSR count). The molecule has 9 heteroatoms. The van der Waals surface area contributed by atoms with Gasteiger partial charge in [0.05, 0.1) is 0 Å². The minimum absolute atomic E-state index is 0. The molecular weight excluding hydrogens is 504 g/mol. The quantitative estimate of drug-likeness (QED) is 0.389. The van der Waals surface area contributed by atoms with Crippen LogP contribution in [0.2, 0.25) is 0 Å². The minimum atomic E-state index is 0. The van der Waals surface area contributed by atoms with Gasteiger partial charge in [-0.1, -0.05) is 0 Å². The van der Waals surface area contributed by atoms with Crippen LogP contribution in [-0.2, 0) is 61.5 Å². The summed E-state index contributed by atoms with van der Waals surface area (Å²) in [6.07, 6.45) is 0. The van der Waals surface area contributed by atoms with E-state index in [1.165, 1.54) is 0 Å². The Morgan fingerprint density at radius 3 is 0.333 bits per heavy atom. The van der Waals surface area contributed by atoms with Crippen LogP contribution in [0.15, 0.2) is 0 Å². The third-order valence-corrected chi connectivity index (χ3v) is 0. The molecule has 0 spiro atoms. The van der Waals surface area contributed by atoms with Crippen LogP contribution in [0.5, 0.6) is 0 Å². The third kappa shape index (κ3) is 85.0. The Labute approximate surface area is 138 Å². The molecule has 0 unspecified atom stereocenters. The van der Waals surface area contributed by atoms with E-state index in [1.807, 2.05) is 0 Å². The fraction of sp³-hybridized carbons (Fsp3) is 0. The molecule has 0 aliphatic rings. The Morgan fingerprint density at radius 1 is 0.333 bits per heavy atom. The molecule has 0 fully saturated rings. The SMILES string of the molecule is [Gd+3].[Gd+3].[Mn+2].[Mn+2].[O-2].[O-2].[O-2].[O-2].[O-2]. The Kier molecular flexibility index (Phi) is 1560. The summed E-state index contributed by atoms with van der Waals surface area (Å²) in [6, 6.07) is 0. The van der Waals surface area contributed by atoms with E-state index in [4.69, 9.17) is 0 Å². The van der Waals surface area contributed by atoms with Crippen molar-refractivity contribution in [2.24, 2.45) is 0 Å². The molecule has 0 saturated carbocycles. The van der Waals surface area contributed by atoms with E-state index in [9.17, 15) is 0 Å². The van der Waals surface area contributed by atoms with Crippen molar-refractivity contribution in [3.63, 3.8) is 0 Å². The van der Waals surface area contributed by atoms with Gasteiger partial charge in [0.2, 0.25) is 0 Å². The second kappa shape index (κ2) is 104. The van der Waals surface area contributed by atoms with Gasteiger partial charge in [0.1, 0.15) is 0 Å². The second-order valence-electron chi connectivity index (χ2n) is 0. The number of hydrogen-bond donors (Lipinski definition) is 0. The molecule has 0 bridgehead atoms. The van der Waals surface area contributed by atoms with Crippen LogP contribution in [0, 0.1) is 79.9 Å². The number of hydrogen-bond acceptors (Lipinski definition) is 0. The molecule has 0 amide bonds. The monoisotopic (exact) mass is 506 g/mol. The third-order valence-electron chi connectivity index (χ3n) is 0. The molecule has 0 aromatic heterocycles. The van der Waals surface area contributed by atoms with E-state index in [0.29, 0.717) is 0 Å². The van der Waals surface area contributed by atoms with Crippen LogP contribution in [-0.4, -0.2) is 0 Å². The molecule has 60 valence electrons. The zero-order valence-electron chi connectivity index (χ0n) is 3.50. The van der Waals surface area contributed by atoms with E-state index in [2.05, 4.69) is 0 Å². The zero-order valence-corrected chi connectivity index (χ0v) is 10.4. The van der Waals surface area contributed by atoms with Gasteiger partial charge in [-0.25, -0.2) is 0 Å². The van der Waals surface area contributed by atoms with E-state index < -0.39 is 0 Å². The Bertz CT molecular complexity index is 12.9. The molecule has 0 aromatic rings. The maximum Gasteiger partial charge on any atom is 3.00 e. The molecule has 9 heavy (non-hydrogen) atoms. The topological polar surface area (TPSA) is 142 Å². The molecule has 0 atom stereocenters. The van der Waals surface area contributed by atoms with Crippen LogP contribution in [0.1, 0.15) is 0 Å². The molecule has 4 radical (unpaired) electrons. The molecule has 0 aliphatic carbocycles. The van der Waals surface area contributed by atoms with Crippen molar-refractivity contribution in [3.05, 3.63) is 0 Å². The molecule has 0 heterocycles. The largest absolute Gasteiger partial charge is 3.00 e. The van der Waals surface area contributed by atoms with Gasteiger partial charge >= 0.3 is 114 Å². The minimum Gasteiger partial charge on any atom is -2.00 e. The molecular formula is Gd2Mn2O5. The van der Waals surface area contributed by atoms with Gasteiger partial charge in [-0.05, 0) is 0 Å². The zero-order chi connectivity index (χ0) is 0. The molecule has 0 saturated heterocycles. The van der Waals surface area contributed by atoms with Crippen LogP contribution in [0.25, 0.3) is 0 Å². The van der Waals surface area contributed by atoms with E-state index in [-0.39, 0.29) is 141 Å². The summed E-state index contributed by atoms with van der Waals surface area (Å²) >= 11 is 0. The van der Waals surface area contributed by atoms with Crippen molar-refractivity contribution in [2.45, 2.75) is 0 Å². The Hall–Kier alpha value is 3.49. The van der Waals surface area contributed by atoms with Crippen molar-refractivity contribution in [2.75, 3.05) is 0 Å². The Morgan fingerprint density at radius 2 is 0.333 bits per heavy atom. The predicted octanol–water partition coefficient (Wildman–Crippen LogP) is -0.599. The first-order chi connectivity index (χ1) is 0. The normalized spacial score (nSPS) is 0. The maximum absolute atomic E-state index is 0. The van der Waals surface area contributed by atoms with Gasteiger partial charge in [0.15, 0.2) is 0 Å². The summed E-state index contributed by atoms with van der Waals surface area (Å²) in [4.78, 5) is 0. The summed E-state index contributed by atoms with van der Waals surface area (Å²) in [5.74, 6) is 0. The molecule has 0 aromatic carbocycles. The van der Waals surface area contributed by atoms with Gasteiger partial charge in [-0.2, -0.15) is 0 Å². The fourth-order valence-corrected chi connectivity index (χ4v) is 0. The van der Waals surface area contributed by atoms with E-state index >= 15 is 0 Å². The van der Waals surface area contributed by atoms with Crippen molar-refractivity contribution >= 4 is 0 Å². The average Bonchev–Trinajstić information content (AvgIpc) is 0. The standard InChI is InChI=1S/2Gd.2Mn.5O/q2*+3;2*+2;5*-2. The molecule has 0 aliphatic heterocycles.